The summed E-state index contributed by atoms with van der Waals surface area (Å²) in [7, 11) is 2.70. The van der Waals surface area contributed by atoms with Crippen LogP contribution in [0.2, 0.25) is 0 Å². The summed E-state index contributed by atoms with van der Waals surface area (Å²) >= 11 is 0. The Kier molecular flexibility index (Phi) is 7.28. The molecule has 1 N–H and O–H groups in total. The van der Waals surface area contributed by atoms with Crippen molar-refractivity contribution in [1.82, 2.24) is 9.55 Å². The van der Waals surface area contributed by atoms with E-state index < -0.39 is 41.6 Å². The maximum Gasteiger partial charge on any atom is 0.332 e. The zero-order valence-electron chi connectivity index (χ0n) is 15.3. The van der Waals surface area contributed by atoms with Crippen molar-refractivity contribution < 1.29 is 33.3 Å². The molecule has 11 nitrogen and oxygen atoms in total. The fourth-order valence-electron chi connectivity index (χ4n) is 2.60. The summed E-state index contributed by atoms with van der Waals surface area (Å²) in [6.07, 6.45) is -0.880. The quantitative estimate of drug-likeness (QED) is 0.551. The van der Waals surface area contributed by atoms with E-state index in [0.717, 1.165) is 0 Å². The number of aromatic nitrogens is 2. The lowest BCUT2D eigenvalue weighted by Crippen LogP contribution is -2.34. The monoisotopic (exact) mass is 386 g/mol. The predicted molar refractivity (Wildman–Crippen MR) is 89.2 cm³/mol. The van der Waals surface area contributed by atoms with E-state index in [0.29, 0.717) is 5.56 Å². The molecule has 1 fully saturated rings. The second-order valence-corrected chi connectivity index (χ2v) is 5.92. The molecule has 0 aromatic carbocycles. The van der Waals surface area contributed by atoms with E-state index in [1.165, 1.54) is 25.0 Å². The third-order valence-corrected chi connectivity index (χ3v) is 3.85. The molecule has 2 heterocycles. The normalized spacial score (nSPS) is 21.8. The number of hydrogen-bond acceptors (Lipinski definition) is 9. The van der Waals surface area contributed by atoms with Crippen LogP contribution in [0.25, 0.3) is 0 Å². The lowest BCUT2D eigenvalue weighted by atomic mass is 10.2. The van der Waals surface area contributed by atoms with Crippen molar-refractivity contribution in [3.8, 4) is 0 Å². The molecule has 0 spiro atoms. The minimum atomic E-state index is -0.806. The number of nitrogens with one attached hydrogen (secondary N) is 1. The average molecular weight is 386 g/mol. The van der Waals surface area contributed by atoms with Crippen LogP contribution in [0.4, 0.5) is 0 Å². The van der Waals surface area contributed by atoms with Gasteiger partial charge >= 0.3 is 17.6 Å². The van der Waals surface area contributed by atoms with Gasteiger partial charge in [0.25, 0.3) is 5.56 Å². The SMILES string of the molecule is COCC(=O)OC[C@H]1O[C@@H](n2cc(C)c(=O)[nH]c2=O)C[C@@H]1OC(=O)COC. The Labute approximate surface area is 154 Å². The van der Waals surface area contributed by atoms with Crippen LogP contribution in [0, 0.1) is 6.92 Å². The van der Waals surface area contributed by atoms with Crippen LogP contribution in [-0.2, 0) is 33.3 Å². The first-order valence-corrected chi connectivity index (χ1v) is 8.16. The van der Waals surface area contributed by atoms with E-state index in [9.17, 15) is 19.2 Å². The van der Waals surface area contributed by atoms with Crippen molar-refractivity contribution in [2.75, 3.05) is 34.0 Å². The van der Waals surface area contributed by atoms with Gasteiger partial charge in [-0.05, 0) is 6.92 Å². The number of aryl methyl sites for hydroxylation is 1. The summed E-state index contributed by atoms with van der Waals surface area (Å²) in [6.45, 7) is 0.864. The first-order chi connectivity index (χ1) is 12.8. The fourth-order valence-corrected chi connectivity index (χ4v) is 2.60. The zero-order chi connectivity index (χ0) is 20.0. The van der Waals surface area contributed by atoms with E-state index in [1.54, 1.807) is 6.92 Å². The summed E-state index contributed by atoms with van der Waals surface area (Å²) in [6, 6.07) is 0. The number of hydrogen-bond donors (Lipinski definition) is 1. The Morgan fingerprint density at radius 1 is 1.22 bits per heavy atom. The van der Waals surface area contributed by atoms with Gasteiger partial charge in [-0.2, -0.15) is 0 Å². The third kappa shape index (κ3) is 5.49. The zero-order valence-corrected chi connectivity index (χ0v) is 15.3. The van der Waals surface area contributed by atoms with Crippen molar-refractivity contribution >= 4 is 11.9 Å². The smallest absolute Gasteiger partial charge is 0.332 e. The largest absolute Gasteiger partial charge is 0.461 e. The van der Waals surface area contributed by atoms with Gasteiger partial charge in [0.1, 0.15) is 38.3 Å². The Bertz CT molecular complexity index is 785. The Hall–Kier alpha value is -2.50. The maximum absolute atomic E-state index is 12.1. The predicted octanol–water partition coefficient (Wildman–Crippen LogP) is -1.12. The lowest BCUT2D eigenvalue weighted by molar-refractivity contribution is -0.162. The Morgan fingerprint density at radius 3 is 2.56 bits per heavy atom. The van der Waals surface area contributed by atoms with Crippen LogP contribution in [-0.4, -0.2) is 67.7 Å². The molecule has 27 heavy (non-hydrogen) atoms. The molecular weight excluding hydrogens is 364 g/mol. The van der Waals surface area contributed by atoms with E-state index in [4.69, 9.17) is 18.9 Å². The van der Waals surface area contributed by atoms with E-state index in [1.807, 2.05) is 0 Å². The molecule has 1 saturated heterocycles. The number of methoxy groups -OCH3 is 2. The number of carbonyl (C=O) groups is 2. The molecule has 2 rings (SSSR count). The summed E-state index contributed by atoms with van der Waals surface area (Å²) < 4.78 is 26.7. The van der Waals surface area contributed by atoms with Crippen LogP contribution < -0.4 is 11.2 Å². The highest BCUT2D eigenvalue weighted by molar-refractivity contribution is 5.71. The number of esters is 2. The number of ether oxygens (including phenoxy) is 5. The Morgan fingerprint density at radius 2 is 1.89 bits per heavy atom. The molecule has 3 atom stereocenters. The molecule has 0 unspecified atom stereocenters. The highest BCUT2D eigenvalue weighted by Crippen LogP contribution is 2.30. The van der Waals surface area contributed by atoms with Crippen molar-refractivity contribution in [2.24, 2.45) is 0 Å². The molecule has 0 amide bonds. The van der Waals surface area contributed by atoms with Crippen molar-refractivity contribution in [3.05, 3.63) is 32.6 Å². The third-order valence-electron chi connectivity index (χ3n) is 3.85. The summed E-state index contributed by atoms with van der Waals surface area (Å²) in [5, 5.41) is 0. The van der Waals surface area contributed by atoms with Gasteiger partial charge in [-0.15, -0.1) is 0 Å². The molecular formula is C16H22N2O9. The number of nitrogens with zero attached hydrogens (tertiary/aromatic N) is 1. The summed E-state index contributed by atoms with van der Waals surface area (Å²) in [5.74, 6) is -1.23. The van der Waals surface area contributed by atoms with Crippen LogP contribution >= 0.6 is 0 Å². The minimum Gasteiger partial charge on any atom is -0.461 e. The molecule has 1 aliphatic rings. The van der Waals surface area contributed by atoms with Gasteiger partial charge in [0.2, 0.25) is 0 Å². The highest BCUT2D eigenvalue weighted by atomic mass is 16.6. The molecule has 0 bridgehead atoms. The fraction of sp³-hybridized carbons (Fsp3) is 0.625. The molecule has 0 aliphatic carbocycles. The van der Waals surface area contributed by atoms with Gasteiger partial charge in [0, 0.05) is 32.4 Å². The van der Waals surface area contributed by atoms with E-state index in [2.05, 4.69) is 9.72 Å². The number of aromatic amines is 1. The van der Waals surface area contributed by atoms with Gasteiger partial charge in [-0.3, -0.25) is 14.3 Å². The second-order valence-electron chi connectivity index (χ2n) is 5.92. The van der Waals surface area contributed by atoms with Crippen LogP contribution in [0.1, 0.15) is 18.2 Å². The van der Waals surface area contributed by atoms with Crippen LogP contribution in [0.15, 0.2) is 15.8 Å². The van der Waals surface area contributed by atoms with Gasteiger partial charge < -0.3 is 23.7 Å². The maximum atomic E-state index is 12.1. The topological polar surface area (TPSA) is 135 Å². The molecule has 150 valence electrons. The lowest BCUT2D eigenvalue weighted by Gasteiger charge is -2.18. The molecule has 1 aliphatic heterocycles. The van der Waals surface area contributed by atoms with Gasteiger partial charge in [-0.25, -0.2) is 14.4 Å². The Balaban J connectivity index is 2.16. The first-order valence-electron chi connectivity index (χ1n) is 8.16. The second kappa shape index (κ2) is 9.44. The number of H-pyrrole nitrogens is 1. The molecule has 0 radical (unpaired) electrons. The molecule has 1 aromatic heterocycles. The highest BCUT2D eigenvalue weighted by Gasteiger charge is 2.40. The minimum absolute atomic E-state index is 0.132. The van der Waals surface area contributed by atoms with Crippen LogP contribution in [0.5, 0.6) is 0 Å². The standard InChI is InChI=1S/C16H22N2O9/c1-9-5-18(16(22)17-15(9)21)12-4-10(27-14(20)8-24-3)11(26-12)6-25-13(19)7-23-2/h5,10-12H,4,6-8H2,1-3H3,(H,17,21,22)/t10-,11+,12+/m0/s1. The van der Waals surface area contributed by atoms with Crippen LogP contribution in [0.3, 0.4) is 0 Å². The molecule has 1 aromatic rings. The number of carbonyl (C=O) groups excluding carboxylic acids is 2. The summed E-state index contributed by atoms with van der Waals surface area (Å²) in [4.78, 5) is 49.0. The van der Waals surface area contributed by atoms with Gasteiger partial charge in [0.05, 0.1) is 0 Å². The van der Waals surface area contributed by atoms with Gasteiger partial charge in [-0.1, -0.05) is 0 Å². The molecule has 11 heteroatoms. The van der Waals surface area contributed by atoms with Gasteiger partial charge in [0.15, 0.2) is 0 Å². The number of rotatable bonds is 8. The van der Waals surface area contributed by atoms with Crippen molar-refractivity contribution in [2.45, 2.75) is 31.8 Å². The van der Waals surface area contributed by atoms with E-state index in [-0.39, 0.29) is 26.2 Å². The first kappa shape index (κ1) is 20.8. The molecule has 0 saturated carbocycles. The van der Waals surface area contributed by atoms with E-state index >= 15 is 0 Å². The van der Waals surface area contributed by atoms with Crippen molar-refractivity contribution in [3.63, 3.8) is 0 Å². The average Bonchev–Trinajstić information content (AvgIpc) is 2.99. The van der Waals surface area contributed by atoms with Crippen molar-refractivity contribution in [1.29, 1.82) is 0 Å². The summed E-state index contributed by atoms with van der Waals surface area (Å²) in [5.41, 5.74) is -0.835.